The summed E-state index contributed by atoms with van der Waals surface area (Å²) in [5.41, 5.74) is 0.829. The molecule has 0 saturated carbocycles. The molecule has 136 valence electrons. The maximum Gasteiger partial charge on any atom is 0.351 e. The Hall–Kier alpha value is -3.22. The molecule has 7 heteroatoms. The molecule has 1 amide bonds. The van der Waals surface area contributed by atoms with Crippen LogP contribution in [0.2, 0.25) is 0 Å². The standard InChI is InChI=1S/C19H19NO6/c1-23-14-7-3-2-6-13(14)10-20-18(21)12-25-19(22)17-11-24-15-8-4-5-9-16(15)26-17/h2-9,17H,10-12H2,1H3,(H,20,21)/t17-/m0/s1. The van der Waals surface area contributed by atoms with Crippen LogP contribution in [-0.2, 0) is 20.9 Å². The van der Waals surface area contributed by atoms with Crippen LogP contribution in [-0.4, -0.2) is 38.3 Å². The average molecular weight is 357 g/mol. The molecule has 0 unspecified atom stereocenters. The monoisotopic (exact) mass is 357 g/mol. The van der Waals surface area contributed by atoms with Gasteiger partial charge in [0.2, 0.25) is 6.10 Å². The van der Waals surface area contributed by atoms with E-state index in [0.717, 1.165) is 5.56 Å². The maximum absolute atomic E-state index is 12.1. The zero-order chi connectivity index (χ0) is 18.4. The summed E-state index contributed by atoms with van der Waals surface area (Å²) in [5, 5.41) is 2.68. The van der Waals surface area contributed by atoms with Crippen LogP contribution in [0.15, 0.2) is 48.5 Å². The van der Waals surface area contributed by atoms with Crippen molar-refractivity contribution in [3.8, 4) is 17.2 Å². The number of ether oxygens (including phenoxy) is 4. The lowest BCUT2D eigenvalue weighted by molar-refractivity contribution is -0.157. The van der Waals surface area contributed by atoms with Gasteiger partial charge in [-0.1, -0.05) is 30.3 Å². The Balaban J connectivity index is 1.45. The van der Waals surface area contributed by atoms with Crippen LogP contribution in [0.4, 0.5) is 0 Å². The summed E-state index contributed by atoms with van der Waals surface area (Å²) in [5.74, 6) is 0.664. The van der Waals surface area contributed by atoms with Gasteiger partial charge in [0.15, 0.2) is 18.1 Å². The van der Waals surface area contributed by atoms with E-state index in [1.54, 1.807) is 31.4 Å². The zero-order valence-corrected chi connectivity index (χ0v) is 14.3. The molecule has 26 heavy (non-hydrogen) atoms. The Labute approximate surface area is 150 Å². The summed E-state index contributed by atoms with van der Waals surface area (Å²) < 4.78 is 21.2. The molecular weight excluding hydrogens is 338 g/mol. The number of hydrogen-bond donors (Lipinski definition) is 1. The first kappa shape index (κ1) is 17.6. The Morgan fingerprint density at radius 2 is 1.85 bits per heavy atom. The lowest BCUT2D eigenvalue weighted by atomic mass is 10.2. The van der Waals surface area contributed by atoms with Crippen LogP contribution in [0, 0.1) is 0 Å². The van der Waals surface area contributed by atoms with Gasteiger partial charge >= 0.3 is 5.97 Å². The maximum atomic E-state index is 12.1. The second-order valence-electron chi connectivity index (χ2n) is 5.56. The number of fused-ring (bicyclic) bond motifs is 1. The van der Waals surface area contributed by atoms with E-state index in [-0.39, 0.29) is 13.2 Å². The first-order chi connectivity index (χ1) is 12.7. The molecule has 0 radical (unpaired) electrons. The largest absolute Gasteiger partial charge is 0.496 e. The molecule has 0 fully saturated rings. The van der Waals surface area contributed by atoms with Crippen molar-refractivity contribution in [3.05, 3.63) is 54.1 Å². The summed E-state index contributed by atoms with van der Waals surface area (Å²) in [7, 11) is 1.56. The molecule has 2 aromatic rings. The third kappa shape index (κ3) is 4.24. The highest BCUT2D eigenvalue weighted by Crippen LogP contribution is 2.31. The first-order valence-electron chi connectivity index (χ1n) is 8.11. The number of benzene rings is 2. The minimum atomic E-state index is -0.896. The van der Waals surface area contributed by atoms with Crippen molar-refractivity contribution in [3.63, 3.8) is 0 Å². The number of carbonyl (C=O) groups is 2. The molecule has 1 heterocycles. The van der Waals surface area contributed by atoms with Crippen molar-refractivity contribution in [1.82, 2.24) is 5.32 Å². The fourth-order valence-corrected chi connectivity index (χ4v) is 2.46. The molecule has 0 bridgehead atoms. The predicted molar refractivity (Wildman–Crippen MR) is 92.2 cm³/mol. The van der Waals surface area contributed by atoms with Crippen molar-refractivity contribution in [2.45, 2.75) is 12.6 Å². The van der Waals surface area contributed by atoms with Crippen molar-refractivity contribution in [1.29, 1.82) is 0 Å². The molecule has 0 saturated heterocycles. The molecule has 3 rings (SSSR count). The summed E-state index contributed by atoms with van der Waals surface area (Å²) in [6.45, 7) is -0.0784. The fraction of sp³-hybridized carbons (Fsp3) is 0.263. The van der Waals surface area contributed by atoms with Crippen LogP contribution in [0.5, 0.6) is 17.2 Å². The Morgan fingerprint density at radius 1 is 1.12 bits per heavy atom. The van der Waals surface area contributed by atoms with Gasteiger partial charge in [-0.3, -0.25) is 4.79 Å². The summed E-state index contributed by atoms with van der Waals surface area (Å²) >= 11 is 0. The van der Waals surface area contributed by atoms with Crippen molar-refractivity contribution in [2.75, 3.05) is 20.3 Å². The van der Waals surface area contributed by atoms with Gasteiger partial charge in [0.1, 0.15) is 12.4 Å². The second-order valence-corrected chi connectivity index (χ2v) is 5.56. The van der Waals surface area contributed by atoms with Crippen LogP contribution in [0.1, 0.15) is 5.56 Å². The van der Waals surface area contributed by atoms with Gasteiger partial charge in [0, 0.05) is 12.1 Å². The normalized spacial score (nSPS) is 15.0. The van der Waals surface area contributed by atoms with Crippen LogP contribution < -0.4 is 19.5 Å². The number of carbonyl (C=O) groups excluding carboxylic acids is 2. The molecule has 1 N–H and O–H groups in total. The van der Waals surface area contributed by atoms with E-state index in [4.69, 9.17) is 18.9 Å². The third-order valence-corrected chi connectivity index (χ3v) is 3.79. The number of hydrogen-bond acceptors (Lipinski definition) is 6. The van der Waals surface area contributed by atoms with Crippen LogP contribution in [0.3, 0.4) is 0 Å². The summed E-state index contributed by atoms with van der Waals surface area (Å²) in [6.07, 6.45) is -0.896. The van der Waals surface area contributed by atoms with E-state index < -0.39 is 24.6 Å². The number of amides is 1. The SMILES string of the molecule is COc1ccccc1CNC(=O)COC(=O)[C@@H]1COc2ccccc2O1. The highest BCUT2D eigenvalue weighted by molar-refractivity contribution is 5.82. The van der Waals surface area contributed by atoms with E-state index in [1.165, 1.54) is 0 Å². The highest BCUT2D eigenvalue weighted by Gasteiger charge is 2.29. The number of rotatable bonds is 6. The van der Waals surface area contributed by atoms with Crippen LogP contribution >= 0.6 is 0 Å². The third-order valence-electron chi connectivity index (χ3n) is 3.79. The summed E-state index contributed by atoms with van der Waals surface area (Å²) in [6, 6.07) is 14.4. The highest BCUT2D eigenvalue weighted by atomic mass is 16.6. The molecule has 0 aromatic heterocycles. The Morgan fingerprint density at radius 3 is 2.65 bits per heavy atom. The van der Waals surface area contributed by atoms with Gasteiger partial charge < -0.3 is 24.3 Å². The van der Waals surface area contributed by atoms with Crippen molar-refractivity contribution in [2.24, 2.45) is 0 Å². The lowest BCUT2D eigenvalue weighted by Crippen LogP contribution is -2.39. The molecule has 7 nitrogen and oxygen atoms in total. The van der Waals surface area contributed by atoms with Gasteiger partial charge in [0.05, 0.1) is 7.11 Å². The molecule has 2 aromatic carbocycles. The van der Waals surface area contributed by atoms with Gasteiger partial charge in [0.25, 0.3) is 5.91 Å². The second kappa shape index (κ2) is 8.24. The number of nitrogens with one attached hydrogen (secondary N) is 1. The predicted octanol–water partition coefficient (Wildman–Crippen LogP) is 1.69. The van der Waals surface area contributed by atoms with Gasteiger partial charge in [-0.2, -0.15) is 0 Å². The van der Waals surface area contributed by atoms with E-state index in [9.17, 15) is 9.59 Å². The topological polar surface area (TPSA) is 83.1 Å². The van der Waals surface area contributed by atoms with E-state index in [1.807, 2.05) is 24.3 Å². The zero-order valence-electron chi connectivity index (χ0n) is 14.3. The van der Waals surface area contributed by atoms with E-state index >= 15 is 0 Å². The smallest absolute Gasteiger partial charge is 0.351 e. The lowest BCUT2D eigenvalue weighted by Gasteiger charge is -2.24. The first-order valence-corrected chi connectivity index (χ1v) is 8.11. The number of esters is 1. The number of methoxy groups -OCH3 is 1. The van der Waals surface area contributed by atoms with Crippen molar-refractivity contribution >= 4 is 11.9 Å². The molecule has 0 spiro atoms. The summed E-state index contributed by atoms with van der Waals surface area (Å²) in [4.78, 5) is 24.0. The fourth-order valence-electron chi connectivity index (χ4n) is 2.46. The Kier molecular flexibility index (Phi) is 5.58. The molecule has 1 atom stereocenters. The average Bonchev–Trinajstić information content (AvgIpc) is 2.70. The van der Waals surface area contributed by atoms with E-state index in [0.29, 0.717) is 17.2 Å². The van der Waals surface area contributed by atoms with Gasteiger partial charge in [-0.25, -0.2) is 4.79 Å². The Bertz CT molecular complexity index is 791. The minimum Gasteiger partial charge on any atom is -0.496 e. The molecule has 1 aliphatic heterocycles. The number of para-hydroxylation sites is 3. The minimum absolute atomic E-state index is 0.0404. The van der Waals surface area contributed by atoms with Gasteiger partial charge in [-0.05, 0) is 18.2 Å². The molecular formula is C19H19NO6. The molecule has 0 aliphatic carbocycles. The quantitative estimate of drug-likeness (QED) is 0.793. The van der Waals surface area contributed by atoms with Crippen LogP contribution in [0.25, 0.3) is 0 Å². The van der Waals surface area contributed by atoms with E-state index in [2.05, 4.69) is 5.32 Å². The molecule has 1 aliphatic rings. The van der Waals surface area contributed by atoms with Gasteiger partial charge in [-0.15, -0.1) is 0 Å². The van der Waals surface area contributed by atoms with Crippen molar-refractivity contribution < 1.29 is 28.5 Å².